The molecule has 0 bridgehead atoms. The smallest absolute Gasteiger partial charge is 0.407 e. The third-order valence-electron chi connectivity index (χ3n) is 3.22. The second kappa shape index (κ2) is 8.95. The molecule has 0 fully saturated rings. The molecule has 1 aromatic carbocycles. The Morgan fingerprint density at radius 3 is 2.50 bits per heavy atom. The summed E-state index contributed by atoms with van der Waals surface area (Å²) in [6.45, 7) is 7.15. The minimum absolute atomic E-state index is 0.0920. The van der Waals surface area contributed by atoms with E-state index in [0.29, 0.717) is 12.8 Å². The molecule has 0 heterocycles. The number of nitro groups is 1. The van der Waals surface area contributed by atoms with E-state index in [1.54, 1.807) is 27.7 Å². The number of nitro benzene ring substituents is 1. The predicted octanol–water partition coefficient (Wildman–Crippen LogP) is 2.57. The van der Waals surface area contributed by atoms with E-state index in [-0.39, 0.29) is 17.5 Å². The van der Waals surface area contributed by atoms with E-state index >= 15 is 0 Å². The molecule has 0 aliphatic heterocycles. The number of hydrogen-bond acceptors (Lipinski definition) is 6. The van der Waals surface area contributed by atoms with Crippen LogP contribution in [0.15, 0.2) is 29.2 Å². The van der Waals surface area contributed by atoms with Crippen LogP contribution in [0.25, 0.3) is 0 Å². The summed E-state index contributed by atoms with van der Waals surface area (Å²) in [5.41, 5.74) is -1.07. The van der Waals surface area contributed by atoms with E-state index < -0.39 is 32.3 Å². The van der Waals surface area contributed by atoms with Crippen LogP contribution in [0.3, 0.4) is 0 Å². The molecule has 2 N–H and O–H groups in total. The van der Waals surface area contributed by atoms with Crippen molar-refractivity contribution in [2.45, 2.75) is 57.1 Å². The molecule has 1 rings (SSSR count). The van der Waals surface area contributed by atoms with Crippen LogP contribution in [-0.2, 0) is 14.8 Å². The second-order valence-corrected chi connectivity index (χ2v) is 8.55. The molecule has 0 spiro atoms. The van der Waals surface area contributed by atoms with Crippen LogP contribution in [0, 0.1) is 10.1 Å². The van der Waals surface area contributed by atoms with Crippen molar-refractivity contribution < 1.29 is 22.9 Å². The molecule has 146 valence electrons. The summed E-state index contributed by atoms with van der Waals surface area (Å²) in [6, 6.07) is 4.95. The summed E-state index contributed by atoms with van der Waals surface area (Å²) in [5, 5.41) is 13.6. The standard InChI is InChI=1S/C16H25N3O6S/c1-12(18-15(20)25-16(2,3)4)8-7-11-17-26(23,24)14-10-6-5-9-13(14)19(21)22/h5-6,9-10,12,17H,7-8,11H2,1-4H3,(H,18,20). The molecular weight excluding hydrogens is 362 g/mol. The molecule has 9 nitrogen and oxygen atoms in total. The predicted molar refractivity (Wildman–Crippen MR) is 96.4 cm³/mol. The first kappa shape index (κ1) is 21.8. The monoisotopic (exact) mass is 387 g/mol. The molecular formula is C16H25N3O6S. The Morgan fingerprint density at radius 1 is 1.31 bits per heavy atom. The van der Waals surface area contributed by atoms with Crippen LogP contribution in [0.1, 0.15) is 40.5 Å². The first-order chi connectivity index (χ1) is 11.9. The number of carbonyl (C=O) groups is 1. The molecule has 0 aromatic heterocycles. The van der Waals surface area contributed by atoms with E-state index in [4.69, 9.17) is 4.74 Å². The van der Waals surface area contributed by atoms with Gasteiger partial charge in [-0.05, 0) is 46.6 Å². The Balaban J connectivity index is 2.50. The van der Waals surface area contributed by atoms with Crippen LogP contribution < -0.4 is 10.0 Å². The number of para-hydroxylation sites is 1. The highest BCUT2D eigenvalue weighted by Gasteiger charge is 2.24. The summed E-state index contributed by atoms with van der Waals surface area (Å²) in [7, 11) is -3.98. The Hall–Kier alpha value is -2.20. The van der Waals surface area contributed by atoms with Gasteiger partial charge >= 0.3 is 6.09 Å². The van der Waals surface area contributed by atoms with E-state index in [0.717, 1.165) is 6.07 Å². The van der Waals surface area contributed by atoms with Crippen LogP contribution in [0.4, 0.5) is 10.5 Å². The van der Waals surface area contributed by atoms with Crippen LogP contribution >= 0.6 is 0 Å². The number of benzene rings is 1. The first-order valence-corrected chi connectivity index (χ1v) is 9.63. The fraction of sp³-hybridized carbons (Fsp3) is 0.562. The fourth-order valence-electron chi connectivity index (χ4n) is 2.11. The summed E-state index contributed by atoms with van der Waals surface area (Å²) < 4.78 is 31.9. The van der Waals surface area contributed by atoms with Crippen molar-refractivity contribution in [1.29, 1.82) is 0 Å². The fourth-order valence-corrected chi connectivity index (χ4v) is 3.35. The topological polar surface area (TPSA) is 128 Å². The highest BCUT2D eigenvalue weighted by molar-refractivity contribution is 7.89. The molecule has 0 radical (unpaired) electrons. The molecule has 0 aliphatic carbocycles. The average molecular weight is 387 g/mol. The van der Waals surface area contributed by atoms with E-state index in [2.05, 4.69) is 10.0 Å². The zero-order chi connectivity index (χ0) is 20.0. The zero-order valence-corrected chi connectivity index (χ0v) is 16.1. The minimum Gasteiger partial charge on any atom is -0.444 e. The van der Waals surface area contributed by atoms with Gasteiger partial charge in [0.05, 0.1) is 4.92 Å². The average Bonchev–Trinajstić information content (AvgIpc) is 2.49. The number of sulfonamides is 1. The van der Waals surface area contributed by atoms with Gasteiger partial charge in [0.2, 0.25) is 10.0 Å². The maximum atomic E-state index is 12.2. The molecule has 10 heteroatoms. The van der Waals surface area contributed by atoms with Gasteiger partial charge in [-0.15, -0.1) is 0 Å². The van der Waals surface area contributed by atoms with Crippen molar-refractivity contribution in [2.75, 3.05) is 6.54 Å². The number of hydrogen-bond donors (Lipinski definition) is 2. The van der Waals surface area contributed by atoms with Gasteiger partial charge in [-0.25, -0.2) is 17.9 Å². The molecule has 1 aromatic rings. The van der Waals surface area contributed by atoms with Gasteiger partial charge in [-0.1, -0.05) is 12.1 Å². The van der Waals surface area contributed by atoms with Gasteiger partial charge in [0.1, 0.15) is 5.60 Å². The van der Waals surface area contributed by atoms with Gasteiger partial charge in [0.15, 0.2) is 4.90 Å². The maximum Gasteiger partial charge on any atom is 0.407 e. The van der Waals surface area contributed by atoms with Crippen LogP contribution in [0.5, 0.6) is 0 Å². The number of ether oxygens (including phenoxy) is 1. The van der Waals surface area contributed by atoms with Gasteiger partial charge in [0.25, 0.3) is 5.69 Å². The van der Waals surface area contributed by atoms with Gasteiger partial charge in [-0.3, -0.25) is 10.1 Å². The normalized spacial score (nSPS) is 13.1. The van der Waals surface area contributed by atoms with Crippen molar-refractivity contribution in [3.8, 4) is 0 Å². The maximum absolute atomic E-state index is 12.2. The molecule has 1 atom stereocenters. The summed E-state index contributed by atoms with van der Waals surface area (Å²) >= 11 is 0. The van der Waals surface area contributed by atoms with Gasteiger partial charge < -0.3 is 10.1 Å². The molecule has 26 heavy (non-hydrogen) atoms. The van der Waals surface area contributed by atoms with E-state index in [1.165, 1.54) is 18.2 Å². The molecule has 0 saturated carbocycles. The summed E-state index contributed by atoms with van der Waals surface area (Å²) in [5.74, 6) is 0. The SMILES string of the molecule is CC(CCCNS(=O)(=O)c1ccccc1[N+](=O)[O-])NC(=O)OC(C)(C)C. The Morgan fingerprint density at radius 2 is 1.92 bits per heavy atom. The third kappa shape index (κ3) is 7.36. The number of nitrogens with zero attached hydrogens (tertiary/aromatic N) is 1. The zero-order valence-electron chi connectivity index (χ0n) is 15.3. The van der Waals surface area contributed by atoms with Crippen molar-refractivity contribution in [2.24, 2.45) is 0 Å². The van der Waals surface area contributed by atoms with E-state index in [9.17, 15) is 23.3 Å². The lowest BCUT2D eigenvalue weighted by Gasteiger charge is -2.22. The molecule has 0 saturated heterocycles. The van der Waals surface area contributed by atoms with Crippen molar-refractivity contribution >= 4 is 21.8 Å². The van der Waals surface area contributed by atoms with Crippen molar-refractivity contribution in [3.05, 3.63) is 34.4 Å². The highest BCUT2D eigenvalue weighted by Crippen LogP contribution is 2.22. The quantitative estimate of drug-likeness (QED) is 0.401. The van der Waals surface area contributed by atoms with Gasteiger partial charge in [0, 0.05) is 18.7 Å². The van der Waals surface area contributed by atoms with Crippen molar-refractivity contribution in [1.82, 2.24) is 10.0 Å². The molecule has 1 unspecified atom stereocenters. The van der Waals surface area contributed by atoms with Crippen molar-refractivity contribution in [3.63, 3.8) is 0 Å². The highest BCUT2D eigenvalue weighted by atomic mass is 32.2. The second-order valence-electron chi connectivity index (χ2n) is 6.81. The van der Waals surface area contributed by atoms with E-state index in [1.807, 2.05) is 0 Å². The van der Waals surface area contributed by atoms with Gasteiger partial charge in [-0.2, -0.15) is 0 Å². The lowest BCUT2D eigenvalue weighted by molar-refractivity contribution is -0.387. The Kier molecular flexibility index (Phi) is 7.52. The minimum atomic E-state index is -3.98. The lowest BCUT2D eigenvalue weighted by atomic mass is 10.2. The summed E-state index contributed by atoms with van der Waals surface area (Å²) in [6.07, 6.45) is 0.417. The largest absolute Gasteiger partial charge is 0.444 e. The molecule has 1 amide bonds. The van der Waals surface area contributed by atoms with Crippen LogP contribution in [0.2, 0.25) is 0 Å². The summed E-state index contributed by atoms with van der Waals surface area (Å²) in [4.78, 5) is 21.5. The Bertz CT molecular complexity index is 743. The number of alkyl carbamates (subject to hydrolysis) is 1. The number of carbonyl (C=O) groups excluding carboxylic acids is 1. The lowest BCUT2D eigenvalue weighted by Crippen LogP contribution is -2.38. The molecule has 0 aliphatic rings. The van der Waals surface area contributed by atoms with Crippen LogP contribution in [-0.4, -0.2) is 37.6 Å². The Labute approximate surface area is 153 Å². The third-order valence-corrected chi connectivity index (χ3v) is 4.73. The first-order valence-electron chi connectivity index (χ1n) is 8.15. The number of nitrogens with one attached hydrogen (secondary N) is 2. The number of amides is 1. The number of rotatable bonds is 8.